The topological polar surface area (TPSA) is 83.6 Å². The number of hydrogen-bond acceptors (Lipinski definition) is 5. The number of benzene rings is 1. The second-order valence-electron chi connectivity index (χ2n) is 6.01. The molecule has 1 aromatic carbocycles. The van der Waals surface area contributed by atoms with Crippen LogP contribution in [0.3, 0.4) is 0 Å². The highest BCUT2D eigenvalue weighted by Crippen LogP contribution is 2.21. The van der Waals surface area contributed by atoms with E-state index in [-0.39, 0.29) is 5.57 Å². The van der Waals surface area contributed by atoms with Crippen LogP contribution in [-0.2, 0) is 11.2 Å². The fraction of sp³-hybridized carbons (Fsp3) is 0.200. The number of amides is 1. The van der Waals surface area contributed by atoms with Crippen molar-refractivity contribution in [1.29, 1.82) is 5.26 Å². The lowest BCUT2D eigenvalue weighted by molar-refractivity contribution is -0.112. The first kappa shape index (κ1) is 19.8. The summed E-state index contributed by atoms with van der Waals surface area (Å²) in [6, 6.07) is 12.9. The van der Waals surface area contributed by atoms with Crippen LogP contribution in [0.25, 0.3) is 11.8 Å². The molecule has 0 aliphatic heterocycles. The molecule has 0 fully saturated rings. The number of unbranched alkanes of at least 4 members (excludes halogenated alkanes) is 1. The van der Waals surface area contributed by atoms with Gasteiger partial charge in [0.05, 0.1) is 0 Å². The molecule has 1 amide bonds. The Hall–Kier alpha value is -2.95. The highest BCUT2D eigenvalue weighted by Gasteiger charge is 2.14. The van der Waals surface area contributed by atoms with Crippen molar-refractivity contribution in [2.45, 2.75) is 26.2 Å². The standard InChI is InChI=1S/C20H18ClN5OS/c1-2-3-9-18-24-25-20(28-18)23-19(27)14(13-22)11-16-8-5-10-26(16)17-7-4-6-15(21)12-17/h4-8,10-12H,2-3,9H2,1H3,(H,23,25,27). The Balaban J connectivity index is 1.79. The minimum Gasteiger partial charge on any atom is -0.317 e. The number of aromatic nitrogens is 3. The Morgan fingerprint density at radius 2 is 2.21 bits per heavy atom. The molecule has 8 heteroatoms. The number of nitriles is 1. The number of hydrogen-bond donors (Lipinski definition) is 1. The zero-order valence-electron chi connectivity index (χ0n) is 15.2. The third-order valence-electron chi connectivity index (χ3n) is 3.96. The maximum absolute atomic E-state index is 12.5. The van der Waals surface area contributed by atoms with Gasteiger partial charge in [0.15, 0.2) is 0 Å². The molecule has 0 saturated carbocycles. The summed E-state index contributed by atoms with van der Waals surface area (Å²) < 4.78 is 1.85. The number of nitrogens with zero attached hydrogens (tertiary/aromatic N) is 4. The van der Waals surface area contributed by atoms with E-state index in [0.29, 0.717) is 15.8 Å². The molecule has 6 nitrogen and oxygen atoms in total. The molecule has 142 valence electrons. The van der Waals surface area contributed by atoms with E-state index >= 15 is 0 Å². The van der Waals surface area contributed by atoms with Gasteiger partial charge in [-0.05, 0) is 42.8 Å². The Labute approximate surface area is 172 Å². The lowest BCUT2D eigenvalue weighted by Crippen LogP contribution is -2.13. The Bertz CT molecular complexity index is 1050. The minimum atomic E-state index is -0.514. The third kappa shape index (κ3) is 4.85. The van der Waals surface area contributed by atoms with Gasteiger partial charge < -0.3 is 4.57 Å². The Morgan fingerprint density at radius 3 is 2.96 bits per heavy atom. The van der Waals surface area contributed by atoms with Crippen LogP contribution in [-0.4, -0.2) is 20.7 Å². The summed E-state index contributed by atoms with van der Waals surface area (Å²) >= 11 is 7.39. The molecule has 0 radical (unpaired) electrons. The second-order valence-corrected chi connectivity index (χ2v) is 7.51. The summed E-state index contributed by atoms with van der Waals surface area (Å²) in [5.41, 5.74) is 1.51. The van der Waals surface area contributed by atoms with Crippen LogP contribution in [0.5, 0.6) is 0 Å². The number of carbonyl (C=O) groups is 1. The first-order valence-corrected chi connectivity index (χ1v) is 9.99. The highest BCUT2D eigenvalue weighted by atomic mass is 35.5. The van der Waals surface area contributed by atoms with E-state index in [1.807, 2.05) is 47.2 Å². The van der Waals surface area contributed by atoms with Gasteiger partial charge in [-0.3, -0.25) is 10.1 Å². The summed E-state index contributed by atoms with van der Waals surface area (Å²) in [4.78, 5) is 12.5. The highest BCUT2D eigenvalue weighted by molar-refractivity contribution is 7.15. The molecule has 0 atom stereocenters. The van der Waals surface area contributed by atoms with Crippen LogP contribution in [0.4, 0.5) is 5.13 Å². The number of carbonyl (C=O) groups excluding carboxylic acids is 1. The summed E-state index contributed by atoms with van der Waals surface area (Å²) in [7, 11) is 0. The average Bonchev–Trinajstić information content (AvgIpc) is 3.33. The van der Waals surface area contributed by atoms with Gasteiger partial charge in [-0.2, -0.15) is 5.26 Å². The molecule has 0 bridgehead atoms. The fourth-order valence-corrected chi connectivity index (χ4v) is 3.53. The van der Waals surface area contributed by atoms with Crippen molar-refractivity contribution in [3.63, 3.8) is 0 Å². The lowest BCUT2D eigenvalue weighted by Gasteiger charge is -2.07. The van der Waals surface area contributed by atoms with Crippen LogP contribution in [0.15, 0.2) is 48.2 Å². The Morgan fingerprint density at radius 1 is 1.36 bits per heavy atom. The van der Waals surface area contributed by atoms with Gasteiger partial charge in [-0.1, -0.05) is 42.3 Å². The zero-order chi connectivity index (χ0) is 19.9. The first-order valence-electron chi connectivity index (χ1n) is 8.79. The van der Waals surface area contributed by atoms with E-state index in [1.54, 1.807) is 6.07 Å². The number of anilines is 1. The third-order valence-corrected chi connectivity index (χ3v) is 5.09. The molecule has 0 aliphatic rings. The number of halogens is 1. The van der Waals surface area contributed by atoms with Crippen LogP contribution in [0.1, 0.15) is 30.5 Å². The fourth-order valence-electron chi connectivity index (χ4n) is 2.57. The van der Waals surface area contributed by atoms with E-state index < -0.39 is 5.91 Å². The van der Waals surface area contributed by atoms with E-state index in [1.165, 1.54) is 17.4 Å². The summed E-state index contributed by atoms with van der Waals surface area (Å²) in [6.45, 7) is 2.10. The van der Waals surface area contributed by atoms with Gasteiger partial charge in [0, 0.05) is 29.0 Å². The van der Waals surface area contributed by atoms with E-state index in [0.717, 1.165) is 30.0 Å². The molecule has 2 aromatic heterocycles. The quantitative estimate of drug-likeness (QED) is 0.444. The second kappa shape index (κ2) is 9.31. The first-order chi connectivity index (χ1) is 13.6. The van der Waals surface area contributed by atoms with Crippen molar-refractivity contribution in [3.8, 4) is 11.8 Å². The maximum atomic E-state index is 12.5. The maximum Gasteiger partial charge on any atom is 0.268 e. The Kier molecular flexibility index (Phi) is 6.58. The molecule has 28 heavy (non-hydrogen) atoms. The molecule has 0 aliphatic carbocycles. The summed E-state index contributed by atoms with van der Waals surface area (Å²) in [6.07, 6.45) is 6.30. The summed E-state index contributed by atoms with van der Waals surface area (Å²) in [5.74, 6) is -0.514. The molecule has 0 unspecified atom stereocenters. The molecule has 0 spiro atoms. The van der Waals surface area contributed by atoms with E-state index in [9.17, 15) is 10.1 Å². The molecular weight excluding hydrogens is 394 g/mol. The lowest BCUT2D eigenvalue weighted by atomic mass is 10.2. The predicted octanol–water partition coefficient (Wildman–Crippen LogP) is 4.87. The molecule has 3 rings (SSSR count). The molecule has 3 aromatic rings. The van der Waals surface area contributed by atoms with Gasteiger partial charge in [0.25, 0.3) is 5.91 Å². The van der Waals surface area contributed by atoms with Crippen LogP contribution >= 0.6 is 22.9 Å². The molecular formula is C20H18ClN5OS. The molecule has 2 heterocycles. The zero-order valence-corrected chi connectivity index (χ0v) is 16.8. The largest absolute Gasteiger partial charge is 0.317 e. The number of rotatable bonds is 7. The van der Waals surface area contributed by atoms with Gasteiger partial charge >= 0.3 is 0 Å². The smallest absolute Gasteiger partial charge is 0.268 e. The number of aryl methyl sites for hydroxylation is 1. The van der Waals surface area contributed by atoms with Gasteiger partial charge in [0.2, 0.25) is 5.13 Å². The van der Waals surface area contributed by atoms with Crippen LogP contribution in [0, 0.1) is 11.3 Å². The van der Waals surface area contributed by atoms with Crippen molar-refractivity contribution in [2.75, 3.05) is 5.32 Å². The van der Waals surface area contributed by atoms with Crippen LogP contribution in [0.2, 0.25) is 5.02 Å². The molecule has 1 N–H and O–H groups in total. The molecule has 0 saturated heterocycles. The minimum absolute atomic E-state index is 0.0210. The monoisotopic (exact) mass is 411 g/mol. The van der Waals surface area contributed by atoms with Crippen molar-refractivity contribution in [2.24, 2.45) is 0 Å². The van der Waals surface area contributed by atoms with Crippen molar-refractivity contribution < 1.29 is 4.79 Å². The van der Waals surface area contributed by atoms with Crippen molar-refractivity contribution in [3.05, 3.63) is 63.9 Å². The van der Waals surface area contributed by atoms with Gasteiger partial charge in [-0.25, -0.2) is 0 Å². The number of nitrogens with one attached hydrogen (secondary N) is 1. The van der Waals surface area contributed by atoms with Crippen molar-refractivity contribution >= 4 is 40.1 Å². The summed E-state index contributed by atoms with van der Waals surface area (Å²) in [5, 5.41) is 22.0. The van der Waals surface area contributed by atoms with Gasteiger partial charge in [0.1, 0.15) is 16.6 Å². The normalized spacial score (nSPS) is 11.2. The van der Waals surface area contributed by atoms with Crippen molar-refractivity contribution in [1.82, 2.24) is 14.8 Å². The van der Waals surface area contributed by atoms with Crippen LogP contribution < -0.4 is 5.32 Å². The predicted molar refractivity (Wildman–Crippen MR) is 112 cm³/mol. The van der Waals surface area contributed by atoms with Gasteiger partial charge in [-0.15, -0.1) is 10.2 Å². The average molecular weight is 412 g/mol. The van der Waals surface area contributed by atoms with E-state index in [4.69, 9.17) is 11.6 Å². The van der Waals surface area contributed by atoms with E-state index in [2.05, 4.69) is 22.4 Å². The SMILES string of the molecule is CCCCc1nnc(NC(=O)C(C#N)=Cc2cccn2-c2cccc(Cl)c2)s1.